The molecule has 602 valence electrons. The Hall–Kier alpha value is -20.2. The van der Waals surface area contributed by atoms with Gasteiger partial charge in [-0.1, -0.05) is 212 Å². The molecule has 0 amide bonds. The molecule has 24 aromatic rings. The quantitative estimate of drug-likeness (QED) is 0.0911. The van der Waals surface area contributed by atoms with Crippen LogP contribution in [0.15, 0.2) is 328 Å². The van der Waals surface area contributed by atoms with Gasteiger partial charge >= 0.3 is 0 Å². The predicted molar refractivity (Wildman–Crippen MR) is 537 cm³/mol. The van der Waals surface area contributed by atoms with E-state index in [-0.39, 0.29) is 33.8 Å². The molecule has 23 aromatic carbocycles. The Morgan fingerprint density at radius 3 is 0.902 bits per heavy atom. The maximum atomic E-state index is 10.0. The summed E-state index contributed by atoms with van der Waals surface area (Å²) in [5.74, 6) is 0. The monoisotopic (exact) mass is 1680 g/mol. The van der Waals surface area contributed by atoms with E-state index in [1.54, 1.807) is 18.2 Å². The third kappa shape index (κ3) is 13.1. The lowest BCUT2D eigenvalue weighted by Crippen LogP contribution is -1.94. The molecule has 13 nitrogen and oxygen atoms in total. The third-order valence-corrected chi connectivity index (χ3v) is 25.7. The molecule has 0 spiro atoms. The van der Waals surface area contributed by atoms with Gasteiger partial charge in [-0.2, -0.15) is 42.1 Å². The number of rotatable bonds is 2. The largest absolute Gasteiger partial charge is 0.262 e. The number of aryl methyl sites for hydroxylation is 1. The molecule has 1 aromatic heterocycles. The highest BCUT2D eigenvalue weighted by atomic mass is 14.8. The van der Waals surface area contributed by atoms with Crippen molar-refractivity contribution in [2.75, 3.05) is 0 Å². The lowest BCUT2D eigenvalue weighted by atomic mass is 9.83. The molecule has 0 aliphatic carbocycles. The normalized spacial score (nSPS) is 11.0. The van der Waals surface area contributed by atoms with Crippen LogP contribution in [0, 0.1) is 124 Å². The van der Waals surface area contributed by atoms with Crippen LogP contribution in [0.3, 0.4) is 0 Å². The van der Waals surface area contributed by atoms with E-state index in [9.17, 15) is 42.1 Å². The van der Waals surface area contributed by atoms with Crippen molar-refractivity contribution >= 4 is 217 Å². The highest BCUT2D eigenvalue weighted by Crippen LogP contribution is 2.52. The van der Waals surface area contributed by atoms with Gasteiger partial charge in [0.15, 0.2) is 5.69 Å². The molecule has 0 atom stereocenters. The molecule has 1 heterocycles. The van der Waals surface area contributed by atoms with E-state index < -0.39 is 0 Å². The molecule has 0 radical (unpaired) electrons. The Morgan fingerprint density at radius 2 is 0.519 bits per heavy atom. The minimum Gasteiger partial charge on any atom is -0.262 e. The number of fused-ring (bicyclic) bond motifs is 28. The second kappa shape index (κ2) is 32.4. The Kier molecular flexibility index (Phi) is 19.5. The van der Waals surface area contributed by atoms with Crippen LogP contribution in [-0.4, -0.2) is 4.98 Å². The molecule has 0 unspecified atom stereocenters. The molecule has 0 aliphatic heterocycles. The summed E-state index contributed by atoms with van der Waals surface area (Å²) >= 11 is 0. The zero-order chi connectivity index (χ0) is 91.0. The van der Waals surface area contributed by atoms with Gasteiger partial charge < -0.3 is 0 Å². The van der Waals surface area contributed by atoms with Gasteiger partial charge in [-0.25, -0.2) is 9.83 Å². The van der Waals surface area contributed by atoms with Crippen molar-refractivity contribution in [1.82, 2.24) is 4.98 Å². The van der Waals surface area contributed by atoms with Crippen LogP contribution in [0.1, 0.15) is 50.1 Å². The van der Waals surface area contributed by atoms with Crippen molar-refractivity contribution in [3.8, 4) is 70.8 Å². The molecule has 0 aliphatic rings. The summed E-state index contributed by atoms with van der Waals surface area (Å²) in [5, 5.41) is 112. The highest BCUT2D eigenvalue weighted by molar-refractivity contribution is 6.33. The second-order valence-corrected chi connectivity index (χ2v) is 32.7. The summed E-state index contributed by atoms with van der Waals surface area (Å²) in [7, 11) is 0. The van der Waals surface area contributed by atoms with Crippen LogP contribution >= 0.6 is 0 Å². The minimum atomic E-state index is -0.138. The van der Waals surface area contributed by atoms with Gasteiger partial charge in [-0.15, -0.1) is 0 Å². The van der Waals surface area contributed by atoms with Crippen molar-refractivity contribution in [3.05, 3.63) is 423 Å². The van der Waals surface area contributed by atoms with Crippen LogP contribution < -0.4 is 0 Å². The van der Waals surface area contributed by atoms with Gasteiger partial charge in [0.25, 0.3) is 0 Å². The first-order valence-corrected chi connectivity index (χ1v) is 42.4. The van der Waals surface area contributed by atoms with E-state index in [2.05, 4.69) is 262 Å². The van der Waals surface area contributed by atoms with E-state index >= 15 is 0 Å². The lowest BCUT2D eigenvalue weighted by molar-refractivity contribution is 1.43. The summed E-state index contributed by atoms with van der Waals surface area (Å²) in [6, 6.07) is 128. The summed E-state index contributed by atoms with van der Waals surface area (Å²) < 4.78 is 0. The summed E-state index contributed by atoms with van der Waals surface area (Å²) in [5.41, 5.74) is 9.81. The fraction of sp³-hybridized carbons (Fsp3) is 0.00833. The average Bonchev–Trinajstić information content (AvgIpc) is 0.863. The molecular weight excluding hydrogens is 1620 g/mol. The molecule has 0 saturated carbocycles. The summed E-state index contributed by atoms with van der Waals surface area (Å²) in [4.78, 5) is 19.2. The number of benzene rings is 23. The Balaban J connectivity index is 0.000000107. The van der Waals surface area contributed by atoms with E-state index in [4.69, 9.17) is 31.3 Å². The van der Waals surface area contributed by atoms with Gasteiger partial charge in [-0.05, 0) is 317 Å². The van der Waals surface area contributed by atoms with Crippen molar-refractivity contribution in [2.45, 2.75) is 6.92 Å². The van der Waals surface area contributed by atoms with Crippen LogP contribution in [0.25, 0.3) is 236 Å². The Labute approximate surface area is 760 Å². The van der Waals surface area contributed by atoms with Crippen LogP contribution in [0.5, 0.6) is 0 Å². The zero-order valence-electron chi connectivity index (χ0n) is 70.5. The number of pyridine rings is 1. The molecule has 0 bridgehead atoms. The van der Waals surface area contributed by atoms with Crippen molar-refractivity contribution < 1.29 is 0 Å². The summed E-state index contributed by atoms with van der Waals surface area (Å²) in [6.45, 7) is 32.8. The van der Waals surface area contributed by atoms with Gasteiger partial charge in [0.1, 0.15) is 36.4 Å². The second-order valence-electron chi connectivity index (χ2n) is 32.7. The minimum absolute atomic E-state index is 0.0356. The standard InChI is InChI=1S/C33H20N2.C32H10N6.C28H14N2.C27H13N3/c1-21-17-25(20-34)31(35-2)19-30(21)33-29-14-8-6-12-27(29)26-11-5-7-13-28(26)32(33)24-16-15-22-9-3-4-10-23(22)18-24;1-36-30-28-13-26-22-9-18-7-5-4-6-17(18)8-21(22)23-10-19(14-33)20(15-34)11-24(23)25(26)12-27(28)29(16-35)31(37-2)32(30)38-3;29-15-21-13-27-25-11-19-7-3-1-5-17(19)9-23(25)24-10-18-6-2-4-8-20(18)12-26(24)28(27)14-22(21)16-30;28-14-19-12-23-21-9-16-5-1-2-6-17(16)10-22(21)24-11-18-7-3-4-8-26(18)30-27(24)25(23)13-20(19)15-29/h3-19H,1H3;4-13H;1-14H;1-13H. The van der Waals surface area contributed by atoms with E-state index in [0.717, 1.165) is 168 Å². The molecule has 13 heteroatoms. The summed E-state index contributed by atoms with van der Waals surface area (Å²) in [6.07, 6.45) is 0. The molecular formula is C120H57N13. The van der Waals surface area contributed by atoms with Gasteiger partial charge in [-0.3, -0.25) is 14.5 Å². The maximum absolute atomic E-state index is 10.0. The van der Waals surface area contributed by atoms with Crippen LogP contribution in [0.4, 0.5) is 22.7 Å². The van der Waals surface area contributed by atoms with Gasteiger partial charge in [0.05, 0.1) is 94.0 Å². The molecule has 0 fully saturated rings. The van der Waals surface area contributed by atoms with Gasteiger partial charge in [0, 0.05) is 16.2 Å². The number of hydrogen-bond acceptors (Lipinski definition) is 9. The Morgan fingerprint density at radius 1 is 0.218 bits per heavy atom. The smallest absolute Gasteiger partial charge is 0.205 e. The molecule has 0 N–H and O–H groups in total. The molecule has 0 saturated heterocycles. The van der Waals surface area contributed by atoms with Gasteiger partial charge in [0.2, 0.25) is 17.1 Å². The van der Waals surface area contributed by atoms with E-state index in [1.165, 1.54) is 37.7 Å². The van der Waals surface area contributed by atoms with Crippen molar-refractivity contribution in [3.63, 3.8) is 0 Å². The number of para-hydroxylation sites is 1. The van der Waals surface area contributed by atoms with Crippen LogP contribution in [-0.2, 0) is 0 Å². The number of nitrogens with zero attached hydrogens (tertiary/aromatic N) is 13. The fourth-order valence-corrected chi connectivity index (χ4v) is 19.5. The molecule has 133 heavy (non-hydrogen) atoms. The lowest BCUT2D eigenvalue weighted by Gasteiger charge is -2.20. The number of nitriles is 8. The maximum Gasteiger partial charge on any atom is 0.205 e. The van der Waals surface area contributed by atoms with E-state index in [0.29, 0.717) is 49.7 Å². The van der Waals surface area contributed by atoms with Crippen molar-refractivity contribution in [2.24, 2.45) is 0 Å². The third-order valence-electron chi connectivity index (χ3n) is 25.7. The Bertz CT molecular complexity index is 9530. The topological polar surface area (TPSA) is 221 Å². The zero-order valence-corrected chi connectivity index (χ0v) is 70.5. The average molecular weight is 1680 g/mol. The predicted octanol–water partition coefficient (Wildman–Crippen LogP) is 31.7. The van der Waals surface area contributed by atoms with Crippen molar-refractivity contribution in [1.29, 1.82) is 42.1 Å². The fourth-order valence-electron chi connectivity index (χ4n) is 19.5. The number of aromatic nitrogens is 1. The first-order valence-electron chi connectivity index (χ1n) is 42.4. The molecule has 24 rings (SSSR count). The highest BCUT2D eigenvalue weighted by Gasteiger charge is 2.26. The van der Waals surface area contributed by atoms with Crippen LogP contribution in [0.2, 0.25) is 0 Å². The first kappa shape index (κ1) is 79.9. The number of hydrogen-bond donors (Lipinski definition) is 0. The SMILES string of the molecule is N#Cc1cc2c(cc1C#N)c1cc3ccccc3cc1c1cc3ccccc3cc21.N#Cc1cc2c3cc4ccccc4cc3c3cc4ccccc4nc3c2cc1C#N.[C-]#[N+]c1c([N+]#[C-])c([N+]#[C-])c2cc3c4cc5ccccc5cc4c4cc(C#N)c(C#N)cc4c3cc2c1C#N.[C-]#[N+]c1cc(-c2c(-c3ccc4ccccc4c3)c3ccccc3c3ccccc23)c(C)cc1C#N. The first-order chi connectivity index (χ1) is 65.3. The van der Waals surface area contributed by atoms with E-state index in [1.807, 2.05) is 122 Å².